The van der Waals surface area contributed by atoms with Crippen LogP contribution in [0.2, 0.25) is 0 Å². The summed E-state index contributed by atoms with van der Waals surface area (Å²) in [5, 5.41) is 11.7. The Labute approximate surface area is 162 Å². The van der Waals surface area contributed by atoms with Crippen LogP contribution in [0, 0.1) is 0 Å². The van der Waals surface area contributed by atoms with Gasteiger partial charge in [-0.2, -0.15) is 4.31 Å². The van der Waals surface area contributed by atoms with E-state index < -0.39 is 10.0 Å². The Kier molecular flexibility index (Phi) is 4.92. The van der Waals surface area contributed by atoms with Crippen LogP contribution in [0.1, 0.15) is 0 Å². The summed E-state index contributed by atoms with van der Waals surface area (Å²) in [6.07, 6.45) is 6.41. The van der Waals surface area contributed by atoms with E-state index in [1.807, 2.05) is 29.2 Å². The molecule has 3 aromatic rings. The molecule has 3 aromatic heterocycles. The average molecular weight is 400 g/mol. The van der Waals surface area contributed by atoms with Crippen molar-refractivity contribution < 1.29 is 8.42 Å². The van der Waals surface area contributed by atoms with Gasteiger partial charge in [-0.05, 0) is 24.3 Å². The van der Waals surface area contributed by atoms with Gasteiger partial charge in [0.1, 0.15) is 0 Å². The second-order valence-corrected chi connectivity index (χ2v) is 8.30. The van der Waals surface area contributed by atoms with Crippen LogP contribution in [-0.2, 0) is 17.1 Å². The Morgan fingerprint density at radius 1 is 1.07 bits per heavy atom. The topological polar surface area (TPSA) is 109 Å². The van der Waals surface area contributed by atoms with Gasteiger partial charge in [-0.15, -0.1) is 10.2 Å². The molecule has 0 saturated carbocycles. The van der Waals surface area contributed by atoms with Crippen molar-refractivity contribution in [2.24, 2.45) is 7.05 Å². The van der Waals surface area contributed by atoms with Crippen molar-refractivity contribution in [3.63, 3.8) is 0 Å². The van der Waals surface area contributed by atoms with Gasteiger partial charge >= 0.3 is 0 Å². The van der Waals surface area contributed by atoms with E-state index in [4.69, 9.17) is 0 Å². The zero-order chi connectivity index (χ0) is 19.6. The van der Waals surface area contributed by atoms with Gasteiger partial charge in [-0.25, -0.2) is 13.4 Å². The Hall–Kier alpha value is -3.05. The van der Waals surface area contributed by atoms with Crippen LogP contribution in [0.25, 0.3) is 0 Å². The quantitative estimate of drug-likeness (QED) is 0.672. The lowest BCUT2D eigenvalue weighted by Gasteiger charge is -2.33. The van der Waals surface area contributed by atoms with E-state index >= 15 is 0 Å². The van der Waals surface area contributed by atoms with E-state index in [2.05, 4.69) is 25.5 Å². The summed E-state index contributed by atoms with van der Waals surface area (Å²) in [6.45, 7) is 1.82. The fourth-order valence-electron chi connectivity index (χ4n) is 2.96. The minimum absolute atomic E-state index is 0.0778. The van der Waals surface area contributed by atoms with Gasteiger partial charge in [0.25, 0.3) is 10.0 Å². The maximum atomic E-state index is 12.7. The Morgan fingerprint density at radius 3 is 2.50 bits per heavy atom. The van der Waals surface area contributed by atoms with Crippen LogP contribution in [0.4, 0.5) is 17.3 Å². The monoisotopic (exact) mass is 400 g/mol. The third-order valence-electron chi connectivity index (χ3n) is 4.43. The van der Waals surface area contributed by atoms with Crippen LogP contribution in [0.5, 0.6) is 0 Å². The first-order valence-electron chi connectivity index (χ1n) is 8.76. The third kappa shape index (κ3) is 3.80. The van der Waals surface area contributed by atoms with Crippen molar-refractivity contribution in [1.82, 2.24) is 29.0 Å². The van der Waals surface area contributed by atoms with Gasteiger partial charge in [-0.1, -0.05) is 0 Å². The highest BCUT2D eigenvalue weighted by molar-refractivity contribution is 7.89. The fraction of sp³-hybridized carbons (Fsp3) is 0.294. The summed E-state index contributed by atoms with van der Waals surface area (Å²) >= 11 is 0. The number of aryl methyl sites for hydroxylation is 1. The van der Waals surface area contributed by atoms with Gasteiger partial charge in [0, 0.05) is 45.6 Å². The molecule has 1 saturated heterocycles. The molecule has 1 aliphatic heterocycles. The van der Waals surface area contributed by atoms with E-state index in [0.29, 0.717) is 37.8 Å². The lowest BCUT2D eigenvalue weighted by Crippen LogP contribution is -2.49. The molecule has 0 bridgehead atoms. The maximum absolute atomic E-state index is 12.7. The van der Waals surface area contributed by atoms with E-state index in [1.54, 1.807) is 24.0 Å². The molecule has 0 spiro atoms. The molecular formula is C17H20N8O2S. The molecule has 11 heteroatoms. The zero-order valence-corrected chi connectivity index (χ0v) is 16.1. The first-order chi connectivity index (χ1) is 13.5. The Bertz CT molecular complexity index is 1030. The lowest BCUT2D eigenvalue weighted by molar-refractivity contribution is 0.382. The molecule has 146 valence electrons. The van der Waals surface area contributed by atoms with Gasteiger partial charge in [0.05, 0.1) is 18.2 Å². The first-order valence-corrected chi connectivity index (χ1v) is 10.2. The van der Waals surface area contributed by atoms with Crippen molar-refractivity contribution in [3.05, 3.63) is 49.2 Å². The molecule has 0 aliphatic carbocycles. The minimum Gasteiger partial charge on any atom is -0.352 e. The van der Waals surface area contributed by atoms with Crippen LogP contribution in [-0.4, -0.2) is 63.6 Å². The molecule has 0 unspecified atom stereocenters. The van der Waals surface area contributed by atoms with Crippen LogP contribution in [0.15, 0.2) is 54.2 Å². The highest BCUT2D eigenvalue weighted by Crippen LogP contribution is 2.20. The second kappa shape index (κ2) is 7.52. The largest absolute Gasteiger partial charge is 0.352 e. The average Bonchev–Trinajstić information content (AvgIpc) is 3.17. The Balaban J connectivity index is 1.38. The number of hydrogen-bond donors (Lipinski definition) is 1. The third-order valence-corrected chi connectivity index (χ3v) is 6.22. The normalized spacial score (nSPS) is 15.5. The molecule has 0 radical (unpaired) electrons. The first kappa shape index (κ1) is 18.3. The van der Waals surface area contributed by atoms with Crippen molar-refractivity contribution >= 4 is 27.3 Å². The molecule has 28 heavy (non-hydrogen) atoms. The van der Waals surface area contributed by atoms with Crippen molar-refractivity contribution in [3.8, 4) is 0 Å². The summed E-state index contributed by atoms with van der Waals surface area (Å²) in [4.78, 5) is 10.0. The number of imidazole rings is 1. The van der Waals surface area contributed by atoms with Crippen molar-refractivity contribution in [2.45, 2.75) is 5.03 Å². The number of sulfonamides is 1. The number of aromatic nitrogens is 5. The number of hydrogen-bond acceptors (Lipinski definition) is 8. The van der Waals surface area contributed by atoms with Gasteiger partial charge in [0.2, 0.25) is 0 Å². The number of nitrogens with one attached hydrogen (secondary N) is 1. The van der Waals surface area contributed by atoms with E-state index in [0.717, 1.165) is 5.69 Å². The number of anilines is 3. The number of piperazine rings is 1. The summed E-state index contributed by atoms with van der Waals surface area (Å²) in [6, 6.07) is 7.44. The molecule has 4 rings (SSSR count). The molecule has 4 heterocycles. The summed E-state index contributed by atoms with van der Waals surface area (Å²) < 4.78 is 28.4. The van der Waals surface area contributed by atoms with Gasteiger partial charge in [-0.3, -0.25) is 4.98 Å². The fourth-order valence-corrected chi connectivity index (χ4v) is 4.35. The molecule has 1 fully saturated rings. The predicted molar refractivity (Wildman–Crippen MR) is 104 cm³/mol. The predicted octanol–water partition coefficient (Wildman–Crippen LogP) is 0.860. The molecule has 1 N–H and O–H groups in total. The summed E-state index contributed by atoms with van der Waals surface area (Å²) in [7, 11) is -1.82. The highest BCUT2D eigenvalue weighted by Gasteiger charge is 2.30. The van der Waals surface area contributed by atoms with Crippen LogP contribution < -0.4 is 10.2 Å². The SMILES string of the molecule is Cn1cnc(S(=O)(=O)N2CCN(c3ccc(Nc4cccnc4)nn3)CC2)c1. The minimum atomic E-state index is -3.57. The smallest absolute Gasteiger partial charge is 0.262 e. The van der Waals surface area contributed by atoms with Crippen molar-refractivity contribution in [1.29, 1.82) is 0 Å². The van der Waals surface area contributed by atoms with E-state index in [1.165, 1.54) is 16.8 Å². The molecule has 0 amide bonds. The van der Waals surface area contributed by atoms with Crippen LogP contribution in [0.3, 0.4) is 0 Å². The summed E-state index contributed by atoms with van der Waals surface area (Å²) in [5.74, 6) is 1.33. The Morgan fingerprint density at radius 2 is 1.89 bits per heavy atom. The van der Waals surface area contributed by atoms with Gasteiger partial charge < -0.3 is 14.8 Å². The number of rotatable bonds is 5. The molecule has 10 nitrogen and oxygen atoms in total. The highest BCUT2D eigenvalue weighted by atomic mass is 32.2. The second-order valence-electron chi connectivity index (χ2n) is 6.41. The lowest BCUT2D eigenvalue weighted by atomic mass is 10.3. The van der Waals surface area contributed by atoms with Crippen LogP contribution >= 0.6 is 0 Å². The molecule has 0 aromatic carbocycles. The molecule has 1 aliphatic rings. The molecular weight excluding hydrogens is 380 g/mol. The standard InChI is InChI=1S/C17H20N8O2S/c1-23-12-17(19-13-23)28(26,27)25-9-7-24(8-10-25)16-5-4-15(21-22-16)20-14-3-2-6-18-11-14/h2-6,11-13H,7-10H2,1H3,(H,20,21). The zero-order valence-electron chi connectivity index (χ0n) is 15.3. The number of nitrogens with zero attached hydrogens (tertiary/aromatic N) is 7. The summed E-state index contributed by atoms with van der Waals surface area (Å²) in [5.41, 5.74) is 0.831. The van der Waals surface area contributed by atoms with Gasteiger partial charge in [0.15, 0.2) is 16.7 Å². The van der Waals surface area contributed by atoms with Crippen molar-refractivity contribution in [2.75, 3.05) is 36.4 Å². The van der Waals surface area contributed by atoms with E-state index in [-0.39, 0.29) is 5.03 Å². The maximum Gasteiger partial charge on any atom is 0.262 e. The molecule has 0 atom stereocenters. The van der Waals surface area contributed by atoms with E-state index in [9.17, 15) is 8.42 Å². The number of pyridine rings is 1.